The average molecular weight is 266 g/mol. The molecule has 1 aliphatic heterocycles. The summed E-state index contributed by atoms with van der Waals surface area (Å²) in [6, 6.07) is 0. The minimum Gasteiger partial charge on any atom is -0.458 e. The van der Waals surface area contributed by atoms with Crippen LogP contribution in [0.3, 0.4) is 0 Å². The van der Waals surface area contributed by atoms with Gasteiger partial charge in [-0.2, -0.15) is 0 Å². The van der Waals surface area contributed by atoms with Crippen molar-refractivity contribution in [3.05, 3.63) is 12.2 Å². The minimum atomic E-state index is -0.720. The number of hydrogen-bond acceptors (Lipinski definition) is 4. The van der Waals surface area contributed by atoms with E-state index in [4.69, 9.17) is 4.74 Å². The molecule has 2 saturated carbocycles. The summed E-state index contributed by atoms with van der Waals surface area (Å²) in [6.07, 6.45) is 0.646. The maximum absolute atomic E-state index is 11.7. The average Bonchev–Trinajstić information content (AvgIpc) is 2.68. The Morgan fingerprint density at radius 3 is 2.74 bits per heavy atom. The largest absolute Gasteiger partial charge is 0.458 e. The molecule has 4 heteroatoms. The number of fused-ring (bicyclic) bond motifs is 2. The van der Waals surface area contributed by atoms with Gasteiger partial charge >= 0.3 is 5.97 Å². The lowest BCUT2D eigenvalue weighted by atomic mass is 9.69. The Morgan fingerprint density at radius 1 is 1.37 bits per heavy atom. The number of ether oxygens (including phenoxy) is 1. The van der Waals surface area contributed by atoms with Crippen molar-refractivity contribution in [3.8, 4) is 0 Å². The molecule has 1 saturated heterocycles. The van der Waals surface area contributed by atoms with Gasteiger partial charge in [-0.05, 0) is 36.5 Å². The van der Waals surface area contributed by atoms with Gasteiger partial charge in [-0.1, -0.05) is 20.4 Å². The number of carbonyl (C=O) groups is 1. The third-order valence-electron chi connectivity index (χ3n) is 5.75. The van der Waals surface area contributed by atoms with E-state index in [9.17, 15) is 15.0 Å². The predicted molar refractivity (Wildman–Crippen MR) is 69.1 cm³/mol. The second-order valence-corrected chi connectivity index (χ2v) is 6.85. The van der Waals surface area contributed by atoms with Crippen LogP contribution in [0.5, 0.6) is 0 Å². The zero-order valence-electron chi connectivity index (χ0n) is 11.5. The quantitative estimate of drug-likeness (QED) is 0.512. The summed E-state index contributed by atoms with van der Waals surface area (Å²) in [5.41, 5.74) is 0.183. The first-order valence-corrected chi connectivity index (χ1v) is 7.10. The molecule has 3 aliphatic rings. The summed E-state index contributed by atoms with van der Waals surface area (Å²) in [5.74, 6) is 0.294. The number of carbonyl (C=O) groups excluding carboxylic acids is 1. The summed E-state index contributed by atoms with van der Waals surface area (Å²) in [7, 11) is 0. The van der Waals surface area contributed by atoms with Crippen LogP contribution >= 0.6 is 0 Å². The summed E-state index contributed by atoms with van der Waals surface area (Å²) in [4.78, 5) is 11.7. The Hall–Kier alpha value is -0.870. The highest BCUT2D eigenvalue weighted by atomic mass is 16.6. The van der Waals surface area contributed by atoms with Crippen LogP contribution in [0.2, 0.25) is 0 Å². The van der Waals surface area contributed by atoms with Gasteiger partial charge in [0.15, 0.2) is 0 Å². The first-order chi connectivity index (χ1) is 8.84. The highest BCUT2D eigenvalue weighted by molar-refractivity contribution is 5.90. The monoisotopic (exact) mass is 266 g/mol. The lowest BCUT2D eigenvalue weighted by molar-refractivity contribution is -0.139. The number of rotatable bonds is 0. The highest BCUT2D eigenvalue weighted by Gasteiger charge is 2.58. The summed E-state index contributed by atoms with van der Waals surface area (Å²) in [5, 5.41) is 20.4. The molecular weight excluding hydrogens is 244 g/mol. The SMILES string of the molecule is C=C1C(=O)O[C@@H]2C[C@@H](C)[C@@H]3C[C@H](O)[C@H](O)[C@@]3(C)C[C@H]12. The molecule has 19 heavy (non-hydrogen) atoms. The van der Waals surface area contributed by atoms with Crippen molar-refractivity contribution in [2.75, 3.05) is 0 Å². The normalized spacial score (nSPS) is 53.5. The number of aliphatic hydroxyl groups excluding tert-OH is 2. The molecule has 3 fully saturated rings. The second kappa shape index (κ2) is 4.06. The van der Waals surface area contributed by atoms with Crippen LogP contribution in [-0.4, -0.2) is 34.5 Å². The lowest BCUT2D eigenvalue weighted by Gasteiger charge is -2.36. The van der Waals surface area contributed by atoms with E-state index in [0.29, 0.717) is 24.3 Å². The Balaban J connectivity index is 1.97. The fourth-order valence-electron chi connectivity index (χ4n) is 4.61. The van der Waals surface area contributed by atoms with Crippen LogP contribution in [-0.2, 0) is 9.53 Å². The van der Waals surface area contributed by atoms with Gasteiger partial charge < -0.3 is 14.9 Å². The Bertz CT molecular complexity index is 432. The number of esters is 1. The van der Waals surface area contributed by atoms with Crippen molar-refractivity contribution in [1.82, 2.24) is 0 Å². The summed E-state index contributed by atoms with van der Waals surface area (Å²) >= 11 is 0. The van der Waals surface area contributed by atoms with E-state index in [0.717, 1.165) is 6.42 Å². The minimum absolute atomic E-state index is 0.00935. The van der Waals surface area contributed by atoms with Crippen molar-refractivity contribution in [1.29, 1.82) is 0 Å². The topological polar surface area (TPSA) is 66.8 Å². The summed E-state index contributed by atoms with van der Waals surface area (Å²) in [6.45, 7) is 8.02. The summed E-state index contributed by atoms with van der Waals surface area (Å²) < 4.78 is 5.42. The molecule has 0 radical (unpaired) electrons. The molecule has 2 aliphatic carbocycles. The van der Waals surface area contributed by atoms with E-state index in [2.05, 4.69) is 13.5 Å². The predicted octanol–water partition coefficient (Wildman–Crippen LogP) is 1.26. The van der Waals surface area contributed by atoms with Gasteiger partial charge in [0.2, 0.25) is 0 Å². The van der Waals surface area contributed by atoms with Gasteiger partial charge in [0.1, 0.15) is 6.10 Å². The van der Waals surface area contributed by atoms with Gasteiger partial charge in [0, 0.05) is 11.5 Å². The smallest absolute Gasteiger partial charge is 0.334 e. The molecule has 1 heterocycles. The van der Waals surface area contributed by atoms with Crippen molar-refractivity contribution < 1.29 is 19.7 Å². The molecule has 0 aromatic carbocycles. The molecule has 0 aromatic heterocycles. The van der Waals surface area contributed by atoms with Crippen molar-refractivity contribution in [2.45, 2.75) is 51.4 Å². The second-order valence-electron chi connectivity index (χ2n) is 6.85. The standard InChI is InChI=1S/C15H22O4/c1-7-4-12-9(8(2)14(18)19-12)6-15(3)10(7)5-11(16)13(15)17/h7,9-13,16-17H,2,4-6H2,1,3H3/t7-,9-,10+,11+,12-,13+,15+/m1/s1. The molecule has 3 rings (SSSR count). The van der Waals surface area contributed by atoms with Crippen molar-refractivity contribution in [2.24, 2.45) is 23.2 Å². The first kappa shape index (κ1) is 13.1. The Morgan fingerprint density at radius 2 is 2.05 bits per heavy atom. The zero-order valence-corrected chi connectivity index (χ0v) is 11.5. The highest BCUT2D eigenvalue weighted by Crippen LogP contribution is 2.56. The molecule has 7 atom stereocenters. The maximum atomic E-state index is 11.7. The molecule has 0 spiro atoms. The molecular formula is C15H22O4. The number of hydrogen-bond donors (Lipinski definition) is 2. The molecule has 106 valence electrons. The van der Waals surface area contributed by atoms with Crippen LogP contribution in [0, 0.1) is 23.2 Å². The van der Waals surface area contributed by atoms with E-state index in [1.165, 1.54) is 0 Å². The van der Waals surface area contributed by atoms with Crippen LogP contribution in [0.15, 0.2) is 12.2 Å². The lowest BCUT2D eigenvalue weighted by Crippen LogP contribution is -2.38. The van der Waals surface area contributed by atoms with Crippen LogP contribution in [0.25, 0.3) is 0 Å². The van der Waals surface area contributed by atoms with E-state index in [1.807, 2.05) is 6.92 Å². The van der Waals surface area contributed by atoms with Crippen molar-refractivity contribution >= 4 is 5.97 Å². The van der Waals surface area contributed by atoms with E-state index in [1.54, 1.807) is 0 Å². The third kappa shape index (κ3) is 1.69. The van der Waals surface area contributed by atoms with Crippen molar-refractivity contribution in [3.63, 3.8) is 0 Å². The Labute approximate surface area is 113 Å². The maximum Gasteiger partial charge on any atom is 0.334 e. The third-order valence-corrected chi connectivity index (χ3v) is 5.75. The van der Waals surface area contributed by atoms with Gasteiger partial charge in [-0.25, -0.2) is 4.79 Å². The fourth-order valence-corrected chi connectivity index (χ4v) is 4.61. The van der Waals surface area contributed by atoms with Crippen LogP contribution < -0.4 is 0 Å². The molecule has 4 nitrogen and oxygen atoms in total. The van der Waals surface area contributed by atoms with Crippen LogP contribution in [0.4, 0.5) is 0 Å². The van der Waals surface area contributed by atoms with Crippen LogP contribution in [0.1, 0.15) is 33.1 Å². The molecule has 0 unspecified atom stereocenters. The number of aliphatic hydroxyl groups is 2. The molecule has 0 aromatic rings. The Kier molecular flexibility index (Phi) is 2.81. The van der Waals surface area contributed by atoms with E-state index >= 15 is 0 Å². The molecule has 0 bridgehead atoms. The first-order valence-electron chi connectivity index (χ1n) is 7.10. The van der Waals surface area contributed by atoms with Gasteiger partial charge in [-0.3, -0.25) is 0 Å². The molecule has 0 amide bonds. The van der Waals surface area contributed by atoms with E-state index in [-0.39, 0.29) is 29.3 Å². The van der Waals surface area contributed by atoms with Gasteiger partial charge in [0.05, 0.1) is 12.2 Å². The van der Waals surface area contributed by atoms with Gasteiger partial charge in [-0.15, -0.1) is 0 Å². The fraction of sp³-hybridized carbons (Fsp3) is 0.800. The van der Waals surface area contributed by atoms with Gasteiger partial charge in [0.25, 0.3) is 0 Å². The van der Waals surface area contributed by atoms with E-state index < -0.39 is 12.2 Å². The zero-order chi connectivity index (χ0) is 13.9. The molecule has 2 N–H and O–H groups in total.